The molecule has 0 aliphatic carbocycles. The van der Waals surface area contributed by atoms with Gasteiger partial charge < -0.3 is 45.0 Å². The summed E-state index contributed by atoms with van der Waals surface area (Å²) >= 11 is 0. The van der Waals surface area contributed by atoms with Crippen LogP contribution in [0.3, 0.4) is 0 Å². The maximum Gasteiger partial charge on any atom is 0.407 e. The number of carbonyl (C=O) groups is 6. The minimum Gasteiger partial charge on any atom is -0.447 e. The second kappa shape index (κ2) is 35.1. The minimum absolute atomic E-state index is 0. The van der Waals surface area contributed by atoms with Crippen LogP contribution in [0.1, 0.15) is 108 Å². The largest absolute Gasteiger partial charge is 0.447 e. The SMILES string of the molecule is C.C.C.C.COCCOCCCNC(=O)CCC(=O)C(CC(C)C)NC(=O)C(CC(=O)CNC(=O)OCCOCCCNC(=O)OC(C)(C)C)Cc1ccccc1. The highest BCUT2D eigenvalue weighted by molar-refractivity contribution is 5.94. The summed E-state index contributed by atoms with van der Waals surface area (Å²) in [6.45, 7) is 11.5. The molecule has 0 aliphatic heterocycles. The van der Waals surface area contributed by atoms with Crippen molar-refractivity contribution in [2.45, 2.75) is 121 Å². The van der Waals surface area contributed by atoms with Gasteiger partial charge in [-0.15, -0.1) is 0 Å². The van der Waals surface area contributed by atoms with Crippen molar-refractivity contribution in [2.75, 3.05) is 66.4 Å². The van der Waals surface area contributed by atoms with Crippen molar-refractivity contribution in [1.82, 2.24) is 21.3 Å². The fourth-order valence-corrected chi connectivity index (χ4v) is 4.88. The number of carbonyl (C=O) groups excluding carboxylic acids is 6. The molecule has 1 aromatic carbocycles. The summed E-state index contributed by atoms with van der Waals surface area (Å²) in [5.41, 5.74) is 0.255. The fourth-order valence-electron chi connectivity index (χ4n) is 4.88. The number of amides is 4. The predicted octanol–water partition coefficient (Wildman–Crippen LogP) is 6.06. The van der Waals surface area contributed by atoms with Crippen molar-refractivity contribution >= 4 is 35.6 Å². The third kappa shape index (κ3) is 32.7. The lowest BCUT2D eigenvalue weighted by atomic mass is 9.91. The van der Waals surface area contributed by atoms with Crippen LogP contribution < -0.4 is 21.3 Å². The van der Waals surface area contributed by atoms with Crippen molar-refractivity contribution < 1.29 is 52.5 Å². The van der Waals surface area contributed by atoms with Crippen molar-refractivity contribution in [1.29, 1.82) is 0 Å². The molecule has 0 fully saturated rings. The lowest BCUT2D eigenvalue weighted by Crippen LogP contribution is -2.46. The van der Waals surface area contributed by atoms with Gasteiger partial charge in [-0.05, 0) is 57.9 Å². The van der Waals surface area contributed by atoms with Crippen LogP contribution in [0.15, 0.2) is 30.3 Å². The number of Topliss-reactive ketones (excluding diaryl/α,β-unsaturated/α-hetero) is 2. The molecule has 4 amide bonds. The van der Waals surface area contributed by atoms with E-state index in [1.807, 2.05) is 44.2 Å². The van der Waals surface area contributed by atoms with Crippen LogP contribution in [0, 0.1) is 11.8 Å². The van der Waals surface area contributed by atoms with Gasteiger partial charge in [-0.2, -0.15) is 0 Å². The van der Waals surface area contributed by atoms with Crippen molar-refractivity contribution in [3.63, 3.8) is 0 Å². The number of hydrogen-bond acceptors (Lipinski definition) is 11. The minimum atomic E-state index is -0.825. The number of rotatable bonds is 28. The molecular weight excluding hydrogens is 736 g/mol. The van der Waals surface area contributed by atoms with Gasteiger partial charge >= 0.3 is 12.2 Å². The van der Waals surface area contributed by atoms with E-state index in [-0.39, 0.29) is 98.5 Å². The topological polar surface area (TPSA) is 197 Å². The first-order valence-corrected chi connectivity index (χ1v) is 18.4. The molecule has 332 valence electrons. The van der Waals surface area contributed by atoms with E-state index in [1.165, 1.54) is 0 Å². The maximum atomic E-state index is 13.6. The second-order valence-electron chi connectivity index (χ2n) is 14.0. The zero-order valence-electron chi connectivity index (χ0n) is 32.4. The van der Waals surface area contributed by atoms with Gasteiger partial charge in [-0.1, -0.05) is 73.9 Å². The Kier molecular flexibility index (Phi) is 36.7. The van der Waals surface area contributed by atoms with Crippen molar-refractivity contribution in [2.24, 2.45) is 11.8 Å². The molecule has 1 rings (SSSR count). The predicted molar refractivity (Wildman–Crippen MR) is 225 cm³/mol. The second-order valence-corrected chi connectivity index (χ2v) is 14.0. The molecule has 0 saturated carbocycles. The van der Waals surface area contributed by atoms with Gasteiger partial charge in [0.05, 0.1) is 32.4 Å². The van der Waals surface area contributed by atoms with Crippen LogP contribution in [0.4, 0.5) is 9.59 Å². The molecule has 4 N–H and O–H groups in total. The van der Waals surface area contributed by atoms with Crippen molar-refractivity contribution in [3.05, 3.63) is 35.9 Å². The van der Waals surface area contributed by atoms with E-state index in [1.54, 1.807) is 27.9 Å². The first-order valence-electron chi connectivity index (χ1n) is 18.4. The van der Waals surface area contributed by atoms with Gasteiger partial charge in [0.25, 0.3) is 0 Å². The monoisotopic (exact) mass is 815 g/mol. The van der Waals surface area contributed by atoms with Gasteiger partial charge in [0.2, 0.25) is 11.8 Å². The number of alkyl carbamates (subject to hydrolysis) is 2. The molecule has 0 spiro atoms. The van der Waals surface area contributed by atoms with Crippen LogP contribution in [-0.2, 0) is 49.3 Å². The maximum absolute atomic E-state index is 13.6. The number of ketones is 2. The number of benzene rings is 1. The van der Waals surface area contributed by atoms with Gasteiger partial charge in [0, 0.05) is 58.6 Å². The lowest BCUT2D eigenvalue weighted by molar-refractivity contribution is -0.133. The fraction of sp³-hybridized carbons (Fsp3) is 0.714. The molecule has 15 heteroatoms. The molecule has 0 bridgehead atoms. The highest BCUT2D eigenvalue weighted by Crippen LogP contribution is 2.16. The summed E-state index contributed by atoms with van der Waals surface area (Å²) < 4.78 is 25.9. The van der Waals surface area contributed by atoms with Crippen LogP contribution in [0.5, 0.6) is 0 Å². The van der Waals surface area contributed by atoms with Crippen LogP contribution in [0.25, 0.3) is 0 Å². The van der Waals surface area contributed by atoms with Gasteiger partial charge in [-0.3, -0.25) is 19.2 Å². The molecule has 0 radical (unpaired) electrons. The molecule has 0 heterocycles. The third-order valence-electron chi connectivity index (χ3n) is 7.42. The first kappa shape index (κ1) is 59.6. The Bertz CT molecular complexity index is 1240. The molecule has 15 nitrogen and oxygen atoms in total. The zero-order chi connectivity index (χ0) is 39.5. The third-order valence-corrected chi connectivity index (χ3v) is 7.42. The van der Waals surface area contributed by atoms with Crippen LogP contribution in [-0.4, -0.2) is 114 Å². The van der Waals surface area contributed by atoms with Gasteiger partial charge in [0.1, 0.15) is 12.2 Å². The van der Waals surface area contributed by atoms with Gasteiger partial charge in [0.15, 0.2) is 11.6 Å². The Labute approximate surface area is 343 Å². The molecule has 0 aromatic heterocycles. The molecule has 0 saturated heterocycles. The Morgan fingerprint density at radius 3 is 1.89 bits per heavy atom. The summed E-state index contributed by atoms with van der Waals surface area (Å²) in [7, 11) is 1.59. The quantitative estimate of drug-likeness (QED) is 0.0719. The van der Waals surface area contributed by atoms with E-state index in [0.717, 1.165) is 5.56 Å². The highest BCUT2D eigenvalue weighted by Gasteiger charge is 2.28. The van der Waals surface area contributed by atoms with Crippen molar-refractivity contribution in [3.8, 4) is 0 Å². The van der Waals surface area contributed by atoms with Crippen LogP contribution in [0.2, 0.25) is 0 Å². The Morgan fingerprint density at radius 2 is 1.32 bits per heavy atom. The zero-order valence-corrected chi connectivity index (χ0v) is 32.4. The molecular formula is C42H78N4O11. The molecule has 57 heavy (non-hydrogen) atoms. The number of hydrogen-bond donors (Lipinski definition) is 4. The molecule has 1 aromatic rings. The molecule has 2 unspecified atom stereocenters. The Hall–Kier alpha value is -4.08. The summed E-state index contributed by atoms with van der Waals surface area (Å²) in [6, 6.07) is 8.38. The van der Waals surface area contributed by atoms with Crippen LogP contribution >= 0.6 is 0 Å². The van der Waals surface area contributed by atoms with E-state index in [2.05, 4.69) is 21.3 Å². The summed E-state index contributed by atoms with van der Waals surface area (Å²) in [5, 5.41) is 10.7. The standard InChI is InChI=1S/C38H62N4O11.4CH4/c1-28(2)24-32(33(44)14-15-34(45)39-16-10-18-50-21-20-49-6)42-35(46)30(25-29-12-8-7-9-13-29)26-31(43)27-41-36(47)52-23-22-51-19-11-17-40-37(48)53-38(3,4)5;;;;/h7-9,12-13,28,30,32H,10-11,14-27H2,1-6H3,(H,39,45)(H,40,48)(H,41,47)(H,42,46);4*1H4. The van der Waals surface area contributed by atoms with E-state index < -0.39 is 35.7 Å². The number of ether oxygens (including phenoxy) is 5. The smallest absolute Gasteiger partial charge is 0.407 e. The summed E-state index contributed by atoms with van der Waals surface area (Å²) in [4.78, 5) is 76.0. The van der Waals surface area contributed by atoms with Gasteiger partial charge in [-0.25, -0.2) is 9.59 Å². The summed E-state index contributed by atoms with van der Waals surface area (Å²) in [6.07, 6.45) is 0.229. The highest BCUT2D eigenvalue weighted by atomic mass is 16.6. The molecule has 0 aliphatic rings. The Morgan fingerprint density at radius 1 is 0.719 bits per heavy atom. The van der Waals surface area contributed by atoms with E-state index in [0.29, 0.717) is 58.8 Å². The lowest BCUT2D eigenvalue weighted by Gasteiger charge is -2.23. The number of methoxy groups -OCH3 is 1. The average molecular weight is 815 g/mol. The normalized spacial score (nSPS) is 11.5. The first-order chi connectivity index (χ1) is 25.2. The number of nitrogens with one attached hydrogen (secondary N) is 4. The van der Waals surface area contributed by atoms with E-state index >= 15 is 0 Å². The van der Waals surface area contributed by atoms with E-state index in [9.17, 15) is 28.8 Å². The summed E-state index contributed by atoms with van der Waals surface area (Å²) in [5.74, 6) is -2.11. The Balaban J connectivity index is -0.00000351. The molecule has 2 atom stereocenters. The van der Waals surface area contributed by atoms with E-state index in [4.69, 9.17) is 23.7 Å². The average Bonchev–Trinajstić information content (AvgIpc) is 3.09.